The van der Waals surface area contributed by atoms with E-state index in [1.807, 2.05) is 24.3 Å². The molecule has 1 aliphatic carbocycles. The number of carbonyl (C=O) groups is 2. The molecule has 1 aliphatic heterocycles. The van der Waals surface area contributed by atoms with E-state index in [0.29, 0.717) is 39.1 Å². The average molecular weight is 345 g/mol. The third kappa shape index (κ3) is 3.63. The van der Waals surface area contributed by atoms with Gasteiger partial charge in [0.25, 0.3) is 0 Å². The van der Waals surface area contributed by atoms with Gasteiger partial charge in [0.2, 0.25) is 11.8 Å². The zero-order chi connectivity index (χ0) is 17.9. The van der Waals surface area contributed by atoms with Gasteiger partial charge in [0.05, 0.1) is 13.2 Å². The van der Waals surface area contributed by atoms with Crippen LogP contribution in [0.2, 0.25) is 0 Å². The zero-order valence-corrected chi connectivity index (χ0v) is 15.1. The van der Waals surface area contributed by atoms with Gasteiger partial charge in [0.1, 0.15) is 5.41 Å². The predicted molar refractivity (Wildman–Crippen MR) is 97.7 cm³/mol. The molecule has 1 heterocycles. The number of anilines is 2. The highest BCUT2D eigenvalue weighted by molar-refractivity contribution is 6.13. The number of hydrogen-bond donors (Lipinski definition) is 1. The number of nitrogens with one attached hydrogen (secondary N) is 1. The van der Waals surface area contributed by atoms with Crippen LogP contribution >= 0.6 is 0 Å². The lowest BCUT2D eigenvalue weighted by Crippen LogP contribution is -2.47. The number of rotatable bonds is 6. The fourth-order valence-corrected chi connectivity index (χ4v) is 3.33. The van der Waals surface area contributed by atoms with Crippen LogP contribution in [0.4, 0.5) is 11.4 Å². The second kappa shape index (κ2) is 7.44. The first-order valence-corrected chi connectivity index (χ1v) is 9.14. The van der Waals surface area contributed by atoms with Crippen LogP contribution in [-0.2, 0) is 14.3 Å². The molecule has 1 N–H and O–H groups in total. The van der Waals surface area contributed by atoms with E-state index >= 15 is 0 Å². The Morgan fingerprint density at radius 3 is 2.24 bits per heavy atom. The van der Waals surface area contributed by atoms with Crippen LogP contribution in [0.25, 0.3) is 0 Å². The second-order valence-electron chi connectivity index (χ2n) is 6.66. The predicted octanol–water partition coefficient (Wildman–Crippen LogP) is 2.11. The minimum atomic E-state index is -0.866. The number of hydrogen-bond acceptors (Lipinski definition) is 4. The molecule has 1 saturated heterocycles. The van der Waals surface area contributed by atoms with Crippen LogP contribution in [0, 0.1) is 5.41 Å². The van der Waals surface area contributed by atoms with Crippen molar-refractivity contribution in [1.82, 2.24) is 4.90 Å². The third-order valence-corrected chi connectivity index (χ3v) is 5.15. The smallest absolute Gasteiger partial charge is 0.240 e. The Kier molecular flexibility index (Phi) is 5.27. The standard InChI is InChI=1S/C19H27N3O3/c1-3-21(4-2)16-7-5-15(6-8-16)20-17(23)19(9-10-19)18(24)22-11-13-25-14-12-22/h5-8H,3-4,9-14H2,1-2H3,(H,20,23). The summed E-state index contributed by atoms with van der Waals surface area (Å²) in [7, 11) is 0. The van der Waals surface area contributed by atoms with Crippen molar-refractivity contribution in [3.63, 3.8) is 0 Å². The summed E-state index contributed by atoms with van der Waals surface area (Å²) in [4.78, 5) is 29.5. The Balaban J connectivity index is 1.64. The van der Waals surface area contributed by atoms with Gasteiger partial charge in [-0.3, -0.25) is 9.59 Å². The lowest BCUT2D eigenvalue weighted by Gasteiger charge is -2.30. The fourth-order valence-electron chi connectivity index (χ4n) is 3.33. The van der Waals surface area contributed by atoms with Gasteiger partial charge in [-0.2, -0.15) is 0 Å². The van der Waals surface area contributed by atoms with E-state index in [1.54, 1.807) is 4.90 Å². The number of benzene rings is 1. The summed E-state index contributed by atoms with van der Waals surface area (Å²) < 4.78 is 5.29. The summed E-state index contributed by atoms with van der Waals surface area (Å²) in [5.41, 5.74) is 1.00. The number of carbonyl (C=O) groups excluding carboxylic acids is 2. The molecule has 0 spiro atoms. The topological polar surface area (TPSA) is 61.9 Å². The molecule has 1 saturated carbocycles. The molecule has 0 unspecified atom stereocenters. The first kappa shape index (κ1) is 17.7. The van der Waals surface area contributed by atoms with E-state index in [0.717, 1.165) is 24.5 Å². The SMILES string of the molecule is CCN(CC)c1ccc(NC(=O)C2(C(=O)N3CCOCC3)CC2)cc1. The molecule has 1 aromatic rings. The van der Waals surface area contributed by atoms with Crippen molar-refractivity contribution >= 4 is 23.2 Å². The Labute approximate surface area is 149 Å². The molecule has 2 aliphatic rings. The van der Waals surface area contributed by atoms with E-state index in [-0.39, 0.29) is 11.8 Å². The van der Waals surface area contributed by atoms with Gasteiger partial charge in [0.15, 0.2) is 0 Å². The van der Waals surface area contributed by atoms with Crippen molar-refractivity contribution in [3.05, 3.63) is 24.3 Å². The molecule has 1 aromatic carbocycles. The first-order valence-electron chi connectivity index (χ1n) is 9.14. The normalized spacial score (nSPS) is 18.6. The molecule has 6 heteroatoms. The van der Waals surface area contributed by atoms with Gasteiger partial charge in [-0.25, -0.2) is 0 Å². The van der Waals surface area contributed by atoms with E-state index < -0.39 is 5.41 Å². The largest absolute Gasteiger partial charge is 0.378 e. The van der Waals surface area contributed by atoms with Crippen LogP contribution in [0.1, 0.15) is 26.7 Å². The van der Waals surface area contributed by atoms with Crippen LogP contribution in [0.15, 0.2) is 24.3 Å². The Morgan fingerprint density at radius 2 is 1.72 bits per heavy atom. The van der Waals surface area contributed by atoms with E-state index in [4.69, 9.17) is 4.74 Å². The Bertz CT molecular complexity index is 615. The Hall–Kier alpha value is -2.08. The maximum absolute atomic E-state index is 12.7. The van der Waals surface area contributed by atoms with Gasteiger partial charge in [-0.1, -0.05) is 0 Å². The van der Waals surface area contributed by atoms with Crippen LogP contribution in [-0.4, -0.2) is 56.1 Å². The zero-order valence-electron chi connectivity index (χ0n) is 15.1. The van der Waals surface area contributed by atoms with E-state index in [9.17, 15) is 9.59 Å². The molecule has 0 aromatic heterocycles. The maximum atomic E-state index is 12.7. The summed E-state index contributed by atoms with van der Waals surface area (Å²) in [6.07, 6.45) is 1.26. The first-order chi connectivity index (χ1) is 12.1. The highest BCUT2D eigenvalue weighted by Gasteiger charge is 2.58. The van der Waals surface area contributed by atoms with Crippen molar-refractivity contribution in [1.29, 1.82) is 0 Å². The molecular weight excluding hydrogens is 318 g/mol. The molecule has 3 rings (SSSR count). The molecule has 0 atom stereocenters. The molecule has 6 nitrogen and oxygen atoms in total. The molecular formula is C19H27N3O3. The van der Waals surface area contributed by atoms with E-state index in [1.165, 1.54) is 0 Å². The van der Waals surface area contributed by atoms with Crippen LogP contribution < -0.4 is 10.2 Å². The Morgan fingerprint density at radius 1 is 1.12 bits per heavy atom. The van der Waals surface area contributed by atoms with Gasteiger partial charge in [0, 0.05) is 37.6 Å². The summed E-state index contributed by atoms with van der Waals surface area (Å²) in [5, 5.41) is 2.93. The van der Waals surface area contributed by atoms with Crippen molar-refractivity contribution in [2.24, 2.45) is 5.41 Å². The minimum absolute atomic E-state index is 0.0481. The number of nitrogens with zero attached hydrogens (tertiary/aromatic N) is 2. The lowest BCUT2D eigenvalue weighted by molar-refractivity contribution is -0.145. The highest BCUT2D eigenvalue weighted by Crippen LogP contribution is 2.48. The quantitative estimate of drug-likeness (QED) is 0.802. The summed E-state index contributed by atoms with van der Waals surface area (Å²) >= 11 is 0. The number of ether oxygens (including phenoxy) is 1. The van der Waals surface area contributed by atoms with Gasteiger partial charge in [-0.15, -0.1) is 0 Å². The van der Waals surface area contributed by atoms with Gasteiger partial charge >= 0.3 is 0 Å². The molecule has 2 fully saturated rings. The van der Waals surface area contributed by atoms with Gasteiger partial charge in [-0.05, 0) is 51.0 Å². The second-order valence-corrected chi connectivity index (χ2v) is 6.66. The highest BCUT2D eigenvalue weighted by atomic mass is 16.5. The molecule has 2 amide bonds. The maximum Gasteiger partial charge on any atom is 0.240 e. The van der Waals surface area contributed by atoms with Crippen LogP contribution in [0.3, 0.4) is 0 Å². The number of amides is 2. The molecule has 136 valence electrons. The minimum Gasteiger partial charge on any atom is -0.378 e. The molecule has 25 heavy (non-hydrogen) atoms. The summed E-state index contributed by atoms with van der Waals surface area (Å²) in [5.74, 6) is -0.229. The van der Waals surface area contributed by atoms with Crippen molar-refractivity contribution < 1.29 is 14.3 Å². The summed E-state index contributed by atoms with van der Waals surface area (Å²) in [6.45, 7) is 8.38. The van der Waals surface area contributed by atoms with Crippen molar-refractivity contribution in [2.45, 2.75) is 26.7 Å². The van der Waals surface area contributed by atoms with Crippen LogP contribution in [0.5, 0.6) is 0 Å². The third-order valence-electron chi connectivity index (χ3n) is 5.15. The lowest BCUT2D eigenvalue weighted by atomic mass is 10.0. The fraction of sp³-hybridized carbons (Fsp3) is 0.579. The van der Waals surface area contributed by atoms with E-state index in [2.05, 4.69) is 24.1 Å². The van der Waals surface area contributed by atoms with Gasteiger partial charge < -0.3 is 19.9 Å². The van der Waals surface area contributed by atoms with Crippen molar-refractivity contribution in [3.8, 4) is 0 Å². The molecule has 0 radical (unpaired) electrons. The summed E-state index contributed by atoms with van der Waals surface area (Å²) in [6, 6.07) is 7.82. The average Bonchev–Trinajstić information content (AvgIpc) is 3.46. The van der Waals surface area contributed by atoms with Crippen molar-refractivity contribution in [2.75, 3.05) is 49.6 Å². The monoisotopic (exact) mass is 345 g/mol. The number of morpholine rings is 1. The molecule has 0 bridgehead atoms.